The van der Waals surface area contributed by atoms with Gasteiger partial charge in [-0.1, -0.05) is 285 Å². The van der Waals surface area contributed by atoms with Crippen LogP contribution in [0.4, 0.5) is 0 Å². The normalized spacial score (nSPS) is 12.0. The van der Waals surface area contributed by atoms with Crippen molar-refractivity contribution in [2.45, 2.75) is 329 Å². The van der Waals surface area contributed by atoms with Crippen LogP contribution in [-0.2, 0) is 28.6 Å². The third-order valence-electron chi connectivity index (χ3n) is 13.0. The second-order valence-electron chi connectivity index (χ2n) is 20.1. The van der Waals surface area contributed by atoms with E-state index in [1.807, 2.05) is 0 Å². The van der Waals surface area contributed by atoms with Crippen molar-refractivity contribution in [2.24, 2.45) is 5.92 Å². The summed E-state index contributed by atoms with van der Waals surface area (Å²) in [4.78, 5) is 38.1. The van der Waals surface area contributed by atoms with Gasteiger partial charge in [0.05, 0.1) is 0 Å². The molecule has 0 saturated heterocycles. The van der Waals surface area contributed by atoms with Crippen LogP contribution in [0.25, 0.3) is 0 Å². The number of carbonyl (C=O) groups is 3. The molecule has 0 aliphatic rings. The maximum absolute atomic E-state index is 12.8. The van der Waals surface area contributed by atoms with E-state index in [0.29, 0.717) is 19.3 Å². The zero-order valence-corrected chi connectivity index (χ0v) is 43.0. The molecule has 0 bridgehead atoms. The second-order valence-corrected chi connectivity index (χ2v) is 20.1. The minimum absolute atomic E-state index is 0.0619. The van der Waals surface area contributed by atoms with E-state index in [0.717, 1.165) is 63.7 Å². The Morgan fingerprint density at radius 1 is 0.302 bits per heavy atom. The Labute approximate surface area is 393 Å². The van der Waals surface area contributed by atoms with Gasteiger partial charge in [0.15, 0.2) is 6.10 Å². The summed E-state index contributed by atoms with van der Waals surface area (Å²) in [6, 6.07) is 0. The van der Waals surface area contributed by atoms with Crippen molar-refractivity contribution in [1.29, 1.82) is 0 Å². The molecule has 0 saturated carbocycles. The Kier molecular flexibility index (Phi) is 50.1. The highest BCUT2D eigenvalue weighted by molar-refractivity contribution is 5.71. The van der Waals surface area contributed by atoms with E-state index in [-0.39, 0.29) is 31.1 Å². The fourth-order valence-electron chi connectivity index (χ4n) is 8.75. The first-order chi connectivity index (χ1) is 30.9. The van der Waals surface area contributed by atoms with Crippen molar-refractivity contribution in [3.63, 3.8) is 0 Å². The molecule has 0 aliphatic heterocycles. The van der Waals surface area contributed by atoms with Crippen LogP contribution in [0.2, 0.25) is 0 Å². The van der Waals surface area contributed by atoms with Gasteiger partial charge < -0.3 is 14.2 Å². The van der Waals surface area contributed by atoms with Crippen LogP contribution >= 0.6 is 0 Å². The maximum Gasteiger partial charge on any atom is 0.306 e. The van der Waals surface area contributed by atoms with Crippen molar-refractivity contribution >= 4 is 17.9 Å². The molecule has 0 fully saturated rings. The highest BCUT2D eigenvalue weighted by Crippen LogP contribution is 2.18. The molecule has 0 aromatic heterocycles. The van der Waals surface area contributed by atoms with Crippen molar-refractivity contribution in [3.05, 3.63) is 0 Å². The van der Waals surface area contributed by atoms with E-state index in [1.165, 1.54) is 218 Å². The molecule has 0 amide bonds. The van der Waals surface area contributed by atoms with E-state index < -0.39 is 6.10 Å². The van der Waals surface area contributed by atoms with Crippen LogP contribution in [0.15, 0.2) is 0 Å². The topological polar surface area (TPSA) is 78.9 Å². The quantitative estimate of drug-likeness (QED) is 0.0344. The van der Waals surface area contributed by atoms with Crippen LogP contribution < -0.4 is 0 Å². The van der Waals surface area contributed by atoms with Gasteiger partial charge >= 0.3 is 17.9 Å². The predicted molar refractivity (Wildman–Crippen MR) is 270 cm³/mol. The molecule has 1 atom stereocenters. The van der Waals surface area contributed by atoms with Crippen LogP contribution in [0.5, 0.6) is 0 Å². The first kappa shape index (κ1) is 61.4. The molecule has 6 nitrogen and oxygen atoms in total. The third kappa shape index (κ3) is 51.3. The van der Waals surface area contributed by atoms with Gasteiger partial charge in [0.2, 0.25) is 0 Å². The number of hydrogen-bond acceptors (Lipinski definition) is 6. The number of hydrogen-bond donors (Lipinski definition) is 0. The molecule has 0 aromatic rings. The van der Waals surface area contributed by atoms with Gasteiger partial charge in [0, 0.05) is 19.3 Å². The zero-order valence-electron chi connectivity index (χ0n) is 43.0. The molecule has 374 valence electrons. The maximum atomic E-state index is 12.8. The molecular formula is C57H110O6. The Morgan fingerprint density at radius 3 is 0.778 bits per heavy atom. The van der Waals surface area contributed by atoms with Crippen molar-refractivity contribution in [1.82, 2.24) is 0 Å². The predicted octanol–water partition coefficient (Wildman–Crippen LogP) is 18.6. The number of carbonyl (C=O) groups excluding carboxylic acids is 3. The van der Waals surface area contributed by atoms with Crippen molar-refractivity contribution < 1.29 is 28.6 Å². The van der Waals surface area contributed by atoms with E-state index in [4.69, 9.17) is 14.2 Å². The molecule has 63 heavy (non-hydrogen) atoms. The molecule has 0 aromatic carbocycles. The van der Waals surface area contributed by atoms with Crippen LogP contribution in [0, 0.1) is 5.92 Å². The van der Waals surface area contributed by atoms with Gasteiger partial charge in [0.25, 0.3) is 0 Å². The summed E-state index contributed by atoms with van der Waals surface area (Å²) >= 11 is 0. The van der Waals surface area contributed by atoms with E-state index in [2.05, 4.69) is 27.7 Å². The lowest BCUT2D eigenvalue weighted by Crippen LogP contribution is -2.30. The lowest BCUT2D eigenvalue weighted by molar-refractivity contribution is -0.167. The zero-order chi connectivity index (χ0) is 45.9. The summed E-state index contributed by atoms with van der Waals surface area (Å²) in [6.07, 6.45) is 55.2. The standard InChI is InChI=1S/C57H110O6/c1-5-7-9-11-13-15-17-18-19-20-21-25-29-33-37-41-45-49-56(59)62-52-54(51-61-55(58)48-44-40-36-32-27-16-14-12-10-8-6-2)63-57(60)50-46-42-38-34-30-26-23-22-24-28-31-35-39-43-47-53(3)4/h53-54H,5-52H2,1-4H3/t54-/m1/s1. The molecular weight excluding hydrogens is 781 g/mol. The first-order valence-electron chi connectivity index (χ1n) is 28.4. The van der Waals surface area contributed by atoms with Crippen molar-refractivity contribution in [3.8, 4) is 0 Å². The largest absolute Gasteiger partial charge is 0.462 e. The minimum Gasteiger partial charge on any atom is -0.462 e. The highest BCUT2D eigenvalue weighted by atomic mass is 16.6. The Morgan fingerprint density at radius 2 is 0.524 bits per heavy atom. The van der Waals surface area contributed by atoms with Gasteiger partial charge in [-0.15, -0.1) is 0 Å². The Bertz CT molecular complexity index is 949. The molecule has 0 spiro atoms. The third-order valence-corrected chi connectivity index (χ3v) is 13.0. The van der Waals surface area contributed by atoms with Gasteiger partial charge in [-0.3, -0.25) is 14.4 Å². The lowest BCUT2D eigenvalue weighted by Gasteiger charge is -2.18. The monoisotopic (exact) mass is 891 g/mol. The average Bonchev–Trinajstić information content (AvgIpc) is 3.27. The molecule has 0 radical (unpaired) electrons. The van der Waals surface area contributed by atoms with Crippen LogP contribution in [0.1, 0.15) is 323 Å². The lowest BCUT2D eigenvalue weighted by atomic mass is 10.0. The van der Waals surface area contributed by atoms with Crippen molar-refractivity contribution in [2.75, 3.05) is 13.2 Å². The molecule has 0 heterocycles. The number of rotatable bonds is 52. The van der Waals surface area contributed by atoms with E-state index in [9.17, 15) is 14.4 Å². The number of esters is 3. The molecule has 6 heteroatoms. The smallest absolute Gasteiger partial charge is 0.306 e. The first-order valence-corrected chi connectivity index (χ1v) is 28.4. The summed E-state index contributed by atoms with van der Waals surface area (Å²) < 4.78 is 16.9. The average molecular weight is 892 g/mol. The van der Waals surface area contributed by atoms with E-state index >= 15 is 0 Å². The van der Waals surface area contributed by atoms with Gasteiger partial charge in [-0.2, -0.15) is 0 Å². The van der Waals surface area contributed by atoms with Gasteiger partial charge in [0.1, 0.15) is 13.2 Å². The Balaban J connectivity index is 4.26. The number of ether oxygens (including phenoxy) is 3. The second kappa shape index (κ2) is 51.4. The highest BCUT2D eigenvalue weighted by Gasteiger charge is 2.19. The molecule has 0 rings (SSSR count). The SMILES string of the molecule is CCCCCCCCCCCCCCCCCCCC(=O)OC[C@@H](COC(=O)CCCCCCCCCCCCC)OC(=O)CCCCCCCCCCCCCCCCC(C)C. The fourth-order valence-corrected chi connectivity index (χ4v) is 8.75. The van der Waals surface area contributed by atoms with Crippen LogP contribution in [0.3, 0.4) is 0 Å². The summed E-state index contributed by atoms with van der Waals surface area (Å²) in [5.74, 6) is 0.00589. The van der Waals surface area contributed by atoms with E-state index in [1.54, 1.807) is 0 Å². The summed E-state index contributed by atoms with van der Waals surface area (Å²) in [5, 5.41) is 0. The molecule has 0 unspecified atom stereocenters. The fraction of sp³-hybridized carbons (Fsp3) is 0.947. The number of unbranched alkanes of at least 4 members (excludes halogenated alkanes) is 39. The molecule has 0 N–H and O–H groups in total. The van der Waals surface area contributed by atoms with Gasteiger partial charge in [-0.05, 0) is 25.2 Å². The Hall–Kier alpha value is -1.59. The summed E-state index contributed by atoms with van der Waals surface area (Å²) in [5.41, 5.74) is 0. The van der Waals surface area contributed by atoms with Gasteiger partial charge in [-0.25, -0.2) is 0 Å². The molecule has 0 aliphatic carbocycles. The summed E-state index contributed by atoms with van der Waals surface area (Å²) in [7, 11) is 0. The minimum atomic E-state index is -0.761. The van der Waals surface area contributed by atoms with Crippen LogP contribution in [-0.4, -0.2) is 37.2 Å². The summed E-state index contributed by atoms with van der Waals surface area (Å²) in [6.45, 7) is 9.05.